The van der Waals surface area contributed by atoms with Crippen molar-refractivity contribution in [1.82, 2.24) is 4.72 Å². The van der Waals surface area contributed by atoms with Gasteiger partial charge in [-0.1, -0.05) is 11.6 Å². The first-order chi connectivity index (χ1) is 12.3. The lowest BCUT2D eigenvalue weighted by molar-refractivity contribution is 0.102. The minimum Gasteiger partial charge on any atom is -0.495 e. The van der Waals surface area contributed by atoms with Crippen molar-refractivity contribution in [1.29, 1.82) is 0 Å². The molecule has 0 atom stereocenters. The molecule has 0 bridgehead atoms. The number of nitrogens with one attached hydrogen (secondary N) is 2. The van der Waals surface area contributed by atoms with Crippen molar-refractivity contribution in [3.8, 4) is 5.75 Å². The Morgan fingerprint density at radius 3 is 2.58 bits per heavy atom. The SMILES string of the molecule is COc1ccc(S(=O)(=O)NC2CC2)cc1NC(=O)c1ccc(Cl)cc1F. The van der Waals surface area contributed by atoms with Crippen molar-refractivity contribution in [2.45, 2.75) is 23.8 Å². The van der Waals surface area contributed by atoms with Crippen LogP contribution >= 0.6 is 11.6 Å². The molecule has 0 saturated heterocycles. The molecular formula is C17H16ClFN2O4S. The molecule has 0 unspecified atom stereocenters. The van der Waals surface area contributed by atoms with Crippen LogP contribution in [0.15, 0.2) is 41.3 Å². The Morgan fingerprint density at radius 1 is 1.23 bits per heavy atom. The van der Waals surface area contributed by atoms with Gasteiger partial charge in [0.25, 0.3) is 5.91 Å². The number of carbonyl (C=O) groups is 1. The number of amides is 1. The fourth-order valence-electron chi connectivity index (χ4n) is 2.30. The Labute approximate surface area is 155 Å². The second-order valence-electron chi connectivity index (χ2n) is 5.84. The molecule has 2 N–H and O–H groups in total. The number of hydrogen-bond donors (Lipinski definition) is 2. The zero-order valence-corrected chi connectivity index (χ0v) is 15.3. The van der Waals surface area contributed by atoms with Crippen LogP contribution < -0.4 is 14.8 Å². The maximum absolute atomic E-state index is 13.9. The number of carbonyl (C=O) groups excluding carboxylic acids is 1. The Morgan fingerprint density at radius 2 is 1.96 bits per heavy atom. The van der Waals surface area contributed by atoms with Gasteiger partial charge in [0.05, 0.1) is 23.3 Å². The van der Waals surface area contributed by atoms with E-state index >= 15 is 0 Å². The van der Waals surface area contributed by atoms with Crippen molar-refractivity contribution >= 4 is 33.2 Å². The van der Waals surface area contributed by atoms with E-state index in [4.69, 9.17) is 16.3 Å². The lowest BCUT2D eigenvalue weighted by Crippen LogP contribution is -2.26. The van der Waals surface area contributed by atoms with Crippen LogP contribution in [0.1, 0.15) is 23.2 Å². The van der Waals surface area contributed by atoms with E-state index in [1.54, 1.807) is 0 Å². The number of halogens is 2. The number of anilines is 1. The zero-order chi connectivity index (χ0) is 18.9. The molecule has 2 aromatic carbocycles. The van der Waals surface area contributed by atoms with Crippen LogP contribution in [0.2, 0.25) is 5.02 Å². The highest BCUT2D eigenvalue weighted by atomic mass is 35.5. The largest absolute Gasteiger partial charge is 0.495 e. The van der Waals surface area contributed by atoms with Crippen LogP contribution in [-0.2, 0) is 10.0 Å². The smallest absolute Gasteiger partial charge is 0.258 e. The normalized spacial score (nSPS) is 14.1. The van der Waals surface area contributed by atoms with Gasteiger partial charge in [-0.3, -0.25) is 4.79 Å². The zero-order valence-electron chi connectivity index (χ0n) is 13.8. The summed E-state index contributed by atoms with van der Waals surface area (Å²) in [7, 11) is -2.33. The summed E-state index contributed by atoms with van der Waals surface area (Å²) in [5.41, 5.74) is -0.105. The second kappa shape index (κ2) is 7.22. The molecule has 0 aliphatic heterocycles. The number of benzene rings is 2. The standard InChI is InChI=1S/C17H16ClFN2O4S/c1-25-16-7-5-12(26(23,24)21-11-3-4-11)9-15(16)20-17(22)13-6-2-10(18)8-14(13)19/h2,5-9,11,21H,3-4H2,1H3,(H,20,22). The monoisotopic (exact) mass is 398 g/mol. The summed E-state index contributed by atoms with van der Waals surface area (Å²) in [6, 6.07) is 7.68. The van der Waals surface area contributed by atoms with E-state index in [0.717, 1.165) is 18.9 Å². The number of methoxy groups -OCH3 is 1. The highest BCUT2D eigenvalue weighted by Crippen LogP contribution is 2.30. The number of hydrogen-bond acceptors (Lipinski definition) is 4. The summed E-state index contributed by atoms with van der Waals surface area (Å²) in [6.07, 6.45) is 1.60. The number of sulfonamides is 1. The lowest BCUT2D eigenvalue weighted by Gasteiger charge is -2.13. The highest BCUT2D eigenvalue weighted by Gasteiger charge is 2.28. The van der Waals surface area contributed by atoms with Gasteiger partial charge in [0.1, 0.15) is 11.6 Å². The first-order valence-electron chi connectivity index (χ1n) is 7.77. The van der Waals surface area contributed by atoms with Gasteiger partial charge in [-0.15, -0.1) is 0 Å². The molecule has 9 heteroatoms. The summed E-state index contributed by atoms with van der Waals surface area (Å²) in [4.78, 5) is 12.3. The molecule has 138 valence electrons. The molecule has 0 aromatic heterocycles. The molecule has 0 heterocycles. The van der Waals surface area contributed by atoms with E-state index in [9.17, 15) is 17.6 Å². The molecule has 1 aliphatic rings. The summed E-state index contributed by atoms with van der Waals surface area (Å²) < 4.78 is 46.3. The van der Waals surface area contributed by atoms with E-state index in [1.807, 2.05) is 0 Å². The topological polar surface area (TPSA) is 84.5 Å². The Hall–Kier alpha value is -2.16. The first kappa shape index (κ1) is 18.6. The maximum atomic E-state index is 13.9. The van der Waals surface area contributed by atoms with E-state index in [0.29, 0.717) is 0 Å². The van der Waals surface area contributed by atoms with Gasteiger partial charge in [0.2, 0.25) is 10.0 Å². The van der Waals surface area contributed by atoms with Crippen LogP contribution in [0.25, 0.3) is 0 Å². The molecule has 26 heavy (non-hydrogen) atoms. The van der Waals surface area contributed by atoms with Gasteiger partial charge in [-0.2, -0.15) is 0 Å². The van der Waals surface area contributed by atoms with Crippen molar-refractivity contribution in [2.75, 3.05) is 12.4 Å². The minimum atomic E-state index is -3.71. The molecule has 6 nitrogen and oxygen atoms in total. The third kappa shape index (κ3) is 4.14. The number of ether oxygens (including phenoxy) is 1. The third-order valence-electron chi connectivity index (χ3n) is 3.80. The molecule has 3 rings (SSSR count). The van der Waals surface area contributed by atoms with Crippen LogP contribution in [0, 0.1) is 5.82 Å². The van der Waals surface area contributed by atoms with E-state index < -0.39 is 21.7 Å². The summed E-state index contributed by atoms with van der Waals surface area (Å²) in [5.74, 6) is -1.28. The first-order valence-corrected chi connectivity index (χ1v) is 9.63. The van der Waals surface area contributed by atoms with Gasteiger partial charge in [0.15, 0.2) is 0 Å². The summed E-state index contributed by atoms with van der Waals surface area (Å²) in [6.45, 7) is 0. The van der Waals surface area contributed by atoms with Crippen molar-refractivity contribution < 1.29 is 22.3 Å². The molecule has 0 spiro atoms. The average Bonchev–Trinajstić information content (AvgIpc) is 3.37. The van der Waals surface area contributed by atoms with E-state index in [-0.39, 0.29) is 33.0 Å². The van der Waals surface area contributed by atoms with Crippen molar-refractivity contribution in [2.24, 2.45) is 0 Å². The molecule has 1 aliphatic carbocycles. The molecule has 1 amide bonds. The summed E-state index contributed by atoms with van der Waals surface area (Å²) in [5, 5.41) is 2.64. The van der Waals surface area contributed by atoms with Crippen LogP contribution in [0.3, 0.4) is 0 Å². The predicted molar refractivity (Wildman–Crippen MR) is 95.7 cm³/mol. The third-order valence-corrected chi connectivity index (χ3v) is 5.56. The quantitative estimate of drug-likeness (QED) is 0.782. The Balaban J connectivity index is 1.90. The molecular weight excluding hydrogens is 383 g/mol. The fourth-order valence-corrected chi connectivity index (χ4v) is 3.79. The van der Waals surface area contributed by atoms with Gasteiger partial charge in [-0.25, -0.2) is 17.5 Å². The van der Waals surface area contributed by atoms with Crippen LogP contribution in [0.4, 0.5) is 10.1 Å². The van der Waals surface area contributed by atoms with E-state index in [2.05, 4.69) is 10.0 Å². The highest BCUT2D eigenvalue weighted by molar-refractivity contribution is 7.89. The predicted octanol–water partition coefficient (Wildman–Crippen LogP) is 3.18. The molecule has 1 fully saturated rings. The second-order valence-corrected chi connectivity index (χ2v) is 7.99. The van der Waals surface area contributed by atoms with Crippen molar-refractivity contribution in [3.05, 3.63) is 52.8 Å². The summed E-state index contributed by atoms with van der Waals surface area (Å²) >= 11 is 5.68. The fraction of sp³-hybridized carbons (Fsp3) is 0.235. The van der Waals surface area contributed by atoms with Gasteiger partial charge >= 0.3 is 0 Å². The van der Waals surface area contributed by atoms with Gasteiger partial charge in [-0.05, 0) is 49.2 Å². The van der Waals surface area contributed by atoms with Crippen LogP contribution in [-0.4, -0.2) is 27.5 Å². The van der Waals surface area contributed by atoms with Crippen LogP contribution in [0.5, 0.6) is 5.75 Å². The number of rotatable bonds is 6. The maximum Gasteiger partial charge on any atom is 0.258 e. The Bertz CT molecular complexity index is 961. The molecule has 2 aromatic rings. The van der Waals surface area contributed by atoms with Crippen molar-refractivity contribution in [3.63, 3.8) is 0 Å². The molecule has 1 saturated carbocycles. The lowest BCUT2D eigenvalue weighted by atomic mass is 10.2. The van der Waals surface area contributed by atoms with E-state index in [1.165, 1.54) is 37.4 Å². The van der Waals surface area contributed by atoms with Gasteiger partial charge < -0.3 is 10.1 Å². The average molecular weight is 399 g/mol. The molecule has 0 radical (unpaired) electrons. The van der Waals surface area contributed by atoms with Gasteiger partial charge in [0, 0.05) is 11.1 Å². The Kier molecular flexibility index (Phi) is 5.17. The minimum absolute atomic E-state index is 0.0166.